The lowest BCUT2D eigenvalue weighted by Gasteiger charge is -2.14. The molecule has 0 amide bonds. The smallest absolute Gasteiger partial charge is 0.163 e. The number of carbonyl (C=O) groups is 2. The van der Waals surface area contributed by atoms with Crippen molar-refractivity contribution in [2.45, 2.75) is 58.8 Å². The quantitative estimate of drug-likeness (QED) is 0.191. The summed E-state index contributed by atoms with van der Waals surface area (Å²) in [5.41, 5.74) is 3.95. The number of aromatic hydroxyl groups is 1. The molecule has 2 rings (SSSR count). The van der Waals surface area contributed by atoms with Crippen LogP contribution >= 0.6 is 11.8 Å². The van der Waals surface area contributed by atoms with Crippen molar-refractivity contribution in [2.75, 3.05) is 12.4 Å². The molecule has 0 bridgehead atoms. The normalized spacial score (nSPS) is 10.2. The molecule has 1 N–H and O–H groups in total. The molecule has 168 valence electrons. The number of Topliss-reactive ketones (excluding diaryl/α,β-unsaturated/α-hetero) is 2. The molecular weight excluding hydrogens is 408 g/mol. The summed E-state index contributed by atoms with van der Waals surface area (Å²) >= 11 is 1.67. The highest BCUT2D eigenvalue weighted by Gasteiger charge is 2.15. The average molecular weight is 443 g/mol. The van der Waals surface area contributed by atoms with Crippen LogP contribution in [-0.4, -0.2) is 29.0 Å². The number of rotatable bonds is 10. The summed E-state index contributed by atoms with van der Waals surface area (Å²) < 4.78 is 5.92. The number of hydrogen-bond acceptors (Lipinski definition) is 5. The summed E-state index contributed by atoms with van der Waals surface area (Å²) in [7, 11) is 0. The number of hydrogen-bond donors (Lipinski definition) is 1. The van der Waals surface area contributed by atoms with Crippen LogP contribution in [0.3, 0.4) is 0 Å². The minimum absolute atomic E-state index is 0.0653. The van der Waals surface area contributed by atoms with Gasteiger partial charge in [-0.1, -0.05) is 13.3 Å². The Labute approximate surface area is 190 Å². The molecule has 31 heavy (non-hydrogen) atoms. The lowest BCUT2D eigenvalue weighted by atomic mass is 10.00. The van der Waals surface area contributed by atoms with Crippen molar-refractivity contribution in [1.29, 1.82) is 0 Å². The third-order valence-corrected chi connectivity index (χ3v) is 6.23. The molecule has 5 heteroatoms. The Hall–Kier alpha value is -2.53. The summed E-state index contributed by atoms with van der Waals surface area (Å²) in [6.07, 6.45) is 2.49. The summed E-state index contributed by atoms with van der Waals surface area (Å²) in [4.78, 5) is 24.3. The Morgan fingerprint density at radius 2 is 1.61 bits per heavy atom. The highest BCUT2D eigenvalue weighted by Crippen LogP contribution is 2.34. The number of ether oxygens (including phenoxy) is 1. The first-order valence-electron chi connectivity index (χ1n) is 10.5. The van der Waals surface area contributed by atoms with Gasteiger partial charge in [0.1, 0.15) is 11.5 Å². The summed E-state index contributed by atoms with van der Waals surface area (Å²) in [6, 6.07) is 7.33. The maximum absolute atomic E-state index is 11.7. The van der Waals surface area contributed by atoms with Gasteiger partial charge in [0.2, 0.25) is 0 Å². The second-order valence-corrected chi connectivity index (χ2v) is 8.35. The third kappa shape index (κ3) is 7.00. The summed E-state index contributed by atoms with van der Waals surface area (Å²) in [5, 5.41) is 10.5. The van der Waals surface area contributed by atoms with E-state index in [1.54, 1.807) is 24.8 Å². The van der Waals surface area contributed by atoms with Crippen molar-refractivity contribution >= 4 is 23.3 Å². The van der Waals surface area contributed by atoms with E-state index in [0.717, 1.165) is 57.9 Å². The van der Waals surface area contributed by atoms with Crippen LogP contribution in [0.15, 0.2) is 42.3 Å². The monoisotopic (exact) mass is 442 g/mol. The highest BCUT2D eigenvalue weighted by molar-refractivity contribution is 7.99. The molecule has 0 aliphatic carbocycles. The zero-order valence-corrected chi connectivity index (χ0v) is 20.2. The maximum atomic E-state index is 11.7. The van der Waals surface area contributed by atoms with Gasteiger partial charge in [0.05, 0.1) is 12.2 Å². The Kier molecular flexibility index (Phi) is 11.1. The van der Waals surface area contributed by atoms with Crippen molar-refractivity contribution in [2.24, 2.45) is 0 Å². The lowest BCUT2D eigenvalue weighted by Crippen LogP contribution is -2.04. The third-order valence-electron chi connectivity index (χ3n) is 5.04. The fourth-order valence-electron chi connectivity index (χ4n) is 3.29. The molecule has 0 saturated heterocycles. The molecule has 0 atom stereocenters. The van der Waals surface area contributed by atoms with E-state index in [2.05, 4.69) is 20.1 Å². The van der Waals surface area contributed by atoms with Crippen LogP contribution < -0.4 is 4.74 Å². The largest absolute Gasteiger partial charge is 0.507 e. The Morgan fingerprint density at radius 3 is 2.19 bits per heavy atom. The van der Waals surface area contributed by atoms with E-state index in [0.29, 0.717) is 12.2 Å². The molecule has 0 aliphatic heterocycles. The van der Waals surface area contributed by atoms with Gasteiger partial charge in [0.25, 0.3) is 0 Å². The minimum atomic E-state index is -0.119. The van der Waals surface area contributed by atoms with Crippen LogP contribution in [0.4, 0.5) is 0 Å². The SMILES string of the molecule is C=C.CCCc1c(SCCCOc2ccc(C(C)=O)c(C)c2C)ccc(C(C)=O)c1O. The van der Waals surface area contributed by atoms with E-state index in [1.807, 2.05) is 32.0 Å². The van der Waals surface area contributed by atoms with Crippen LogP contribution in [0.1, 0.15) is 71.0 Å². The first-order chi connectivity index (χ1) is 14.8. The van der Waals surface area contributed by atoms with Crippen LogP contribution in [-0.2, 0) is 6.42 Å². The Bertz CT molecular complexity index is 918. The molecule has 4 nitrogen and oxygen atoms in total. The molecule has 2 aromatic carbocycles. The fourth-order valence-corrected chi connectivity index (χ4v) is 4.30. The molecule has 2 aromatic rings. The molecule has 0 unspecified atom stereocenters. The molecule has 0 radical (unpaired) electrons. The van der Waals surface area contributed by atoms with Gasteiger partial charge >= 0.3 is 0 Å². The van der Waals surface area contributed by atoms with Gasteiger partial charge in [0, 0.05) is 21.8 Å². The van der Waals surface area contributed by atoms with Gasteiger partial charge in [-0.05, 0) is 75.9 Å². The lowest BCUT2D eigenvalue weighted by molar-refractivity contribution is 0.100. The Balaban J connectivity index is 0.00000233. The molecule has 0 spiro atoms. The predicted molar refractivity (Wildman–Crippen MR) is 130 cm³/mol. The van der Waals surface area contributed by atoms with Gasteiger partial charge in [-0.15, -0.1) is 24.9 Å². The summed E-state index contributed by atoms with van der Waals surface area (Å²) in [5.74, 6) is 1.73. The number of ketones is 2. The molecular formula is C26H34O4S. The predicted octanol–water partition coefficient (Wildman–Crippen LogP) is 6.73. The van der Waals surface area contributed by atoms with Gasteiger partial charge in [-0.2, -0.15) is 0 Å². The minimum Gasteiger partial charge on any atom is -0.507 e. The van der Waals surface area contributed by atoms with Gasteiger partial charge < -0.3 is 9.84 Å². The van der Waals surface area contributed by atoms with Crippen LogP contribution in [0, 0.1) is 13.8 Å². The van der Waals surface area contributed by atoms with Crippen LogP contribution in [0.5, 0.6) is 11.5 Å². The standard InChI is InChI=1S/C24H30O4S.C2H4/c1-6-8-21-23(12-10-20(18(5)26)24(21)27)29-14-7-13-28-22-11-9-19(17(4)25)15(2)16(22)3;1-2/h9-12,27H,6-8,13-14H2,1-5H3;1-2H2. The first-order valence-corrected chi connectivity index (χ1v) is 11.5. The van der Waals surface area contributed by atoms with Gasteiger partial charge in [0.15, 0.2) is 11.6 Å². The number of phenols is 1. The molecule has 0 saturated carbocycles. The van der Waals surface area contributed by atoms with Gasteiger partial charge in [-0.3, -0.25) is 9.59 Å². The second kappa shape index (κ2) is 13.0. The van der Waals surface area contributed by atoms with E-state index in [-0.39, 0.29) is 17.3 Å². The first kappa shape index (κ1) is 26.5. The van der Waals surface area contributed by atoms with E-state index < -0.39 is 0 Å². The Morgan fingerprint density at radius 1 is 1.00 bits per heavy atom. The van der Waals surface area contributed by atoms with Crippen molar-refractivity contribution in [1.82, 2.24) is 0 Å². The molecule has 0 aliphatic rings. The van der Waals surface area contributed by atoms with E-state index in [1.165, 1.54) is 6.92 Å². The van der Waals surface area contributed by atoms with Crippen molar-refractivity contribution in [3.05, 3.63) is 65.2 Å². The van der Waals surface area contributed by atoms with E-state index in [4.69, 9.17) is 4.74 Å². The van der Waals surface area contributed by atoms with Gasteiger partial charge in [-0.25, -0.2) is 0 Å². The van der Waals surface area contributed by atoms with Crippen molar-refractivity contribution in [3.63, 3.8) is 0 Å². The zero-order chi connectivity index (χ0) is 23.6. The second-order valence-electron chi connectivity index (χ2n) is 7.21. The van der Waals surface area contributed by atoms with E-state index in [9.17, 15) is 14.7 Å². The number of carbonyl (C=O) groups excluding carboxylic acids is 2. The molecule has 0 fully saturated rings. The average Bonchev–Trinajstić information content (AvgIpc) is 2.74. The summed E-state index contributed by atoms with van der Waals surface area (Å²) in [6.45, 7) is 15.6. The van der Waals surface area contributed by atoms with Crippen LogP contribution in [0.25, 0.3) is 0 Å². The molecule has 0 heterocycles. The van der Waals surface area contributed by atoms with Crippen molar-refractivity contribution in [3.8, 4) is 11.5 Å². The molecule has 0 aromatic heterocycles. The van der Waals surface area contributed by atoms with E-state index >= 15 is 0 Å². The van der Waals surface area contributed by atoms with Crippen LogP contribution in [0.2, 0.25) is 0 Å². The van der Waals surface area contributed by atoms with Crippen molar-refractivity contribution < 1.29 is 19.4 Å². The number of benzene rings is 2. The fraction of sp³-hybridized carbons (Fsp3) is 0.385. The number of phenolic OH excluding ortho intramolecular Hbond substituents is 1. The maximum Gasteiger partial charge on any atom is 0.163 e. The highest BCUT2D eigenvalue weighted by atomic mass is 32.2. The zero-order valence-electron chi connectivity index (χ0n) is 19.3. The number of thioether (sulfide) groups is 1. The topological polar surface area (TPSA) is 63.6 Å².